The van der Waals surface area contributed by atoms with E-state index in [1.807, 2.05) is 30.3 Å². The minimum absolute atomic E-state index is 0.110. The van der Waals surface area contributed by atoms with E-state index in [0.29, 0.717) is 18.8 Å². The number of rotatable bonds is 7. The summed E-state index contributed by atoms with van der Waals surface area (Å²) in [6.07, 6.45) is 3.74. The van der Waals surface area contributed by atoms with Gasteiger partial charge in [0.2, 0.25) is 11.3 Å². The van der Waals surface area contributed by atoms with E-state index in [2.05, 4.69) is 5.32 Å². The van der Waals surface area contributed by atoms with Crippen molar-refractivity contribution in [1.29, 1.82) is 0 Å². The van der Waals surface area contributed by atoms with Crippen LogP contribution < -0.4 is 15.5 Å². The first-order chi connectivity index (χ1) is 12.6. The van der Waals surface area contributed by atoms with E-state index in [4.69, 9.17) is 9.47 Å². The lowest BCUT2D eigenvalue weighted by Gasteiger charge is -2.15. The maximum absolute atomic E-state index is 12.2. The molecule has 2 heterocycles. The maximum Gasteiger partial charge on any atom is 0.240 e. The van der Waals surface area contributed by atoms with Crippen LogP contribution in [0.4, 0.5) is 0 Å². The summed E-state index contributed by atoms with van der Waals surface area (Å²) in [5.74, 6) is 0.132. The number of aryl methyl sites for hydroxylation is 1. The molecule has 26 heavy (non-hydrogen) atoms. The van der Waals surface area contributed by atoms with Crippen molar-refractivity contribution in [3.05, 3.63) is 64.1 Å². The van der Waals surface area contributed by atoms with Gasteiger partial charge in [0.1, 0.15) is 13.2 Å². The number of nitrogens with one attached hydrogen (secondary N) is 1. The number of amides is 1. The highest BCUT2D eigenvalue weighted by Crippen LogP contribution is 2.11. The van der Waals surface area contributed by atoms with Gasteiger partial charge >= 0.3 is 0 Å². The van der Waals surface area contributed by atoms with Gasteiger partial charge in [-0.15, -0.1) is 0 Å². The minimum Gasteiger partial charge on any atom is -0.483 e. The smallest absolute Gasteiger partial charge is 0.240 e. The fourth-order valence-electron chi connectivity index (χ4n) is 2.91. The summed E-state index contributed by atoms with van der Waals surface area (Å²) in [4.78, 5) is 24.3. The molecule has 2 aromatic rings. The molecule has 0 aliphatic carbocycles. The summed E-state index contributed by atoms with van der Waals surface area (Å²) < 4.78 is 12.9. The maximum atomic E-state index is 12.2. The van der Waals surface area contributed by atoms with Crippen molar-refractivity contribution < 1.29 is 14.3 Å². The van der Waals surface area contributed by atoms with Gasteiger partial charge in [-0.25, -0.2) is 0 Å². The number of carbonyl (C=O) groups excluding carboxylic acids is 1. The Morgan fingerprint density at radius 3 is 2.88 bits per heavy atom. The highest BCUT2D eigenvalue weighted by Gasteiger charge is 2.16. The predicted octanol–water partition coefficient (Wildman–Crippen LogP) is 2.03. The second-order valence-corrected chi connectivity index (χ2v) is 6.48. The van der Waals surface area contributed by atoms with E-state index < -0.39 is 0 Å². The number of hydrogen-bond acceptors (Lipinski definition) is 4. The molecule has 138 valence electrons. The number of carbonyl (C=O) groups is 1. The first-order valence-electron chi connectivity index (χ1n) is 8.88. The molecule has 1 aliphatic heterocycles. The molecule has 1 fully saturated rings. The predicted molar refractivity (Wildman–Crippen MR) is 98.2 cm³/mol. The quantitative estimate of drug-likeness (QED) is 0.824. The topological polar surface area (TPSA) is 69.6 Å². The van der Waals surface area contributed by atoms with E-state index in [1.165, 1.54) is 6.07 Å². The van der Waals surface area contributed by atoms with E-state index in [-0.39, 0.29) is 29.7 Å². The molecule has 1 N–H and O–H groups in total. The molecule has 6 heteroatoms. The van der Waals surface area contributed by atoms with Crippen LogP contribution in [0.2, 0.25) is 0 Å². The number of nitrogens with zero attached hydrogens (tertiary/aromatic N) is 1. The molecule has 0 bridgehead atoms. The molecule has 0 saturated carbocycles. The Balaban J connectivity index is 1.61. The second-order valence-electron chi connectivity index (χ2n) is 6.48. The molecule has 1 unspecified atom stereocenters. The molecular formula is C20H24N2O4. The Kier molecular flexibility index (Phi) is 6.07. The van der Waals surface area contributed by atoms with Crippen molar-refractivity contribution in [2.45, 2.75) is 39.0 Å². The van der Waals surface area contributed by atoms with E-state index in [1.54, 1.807) is 17.7 Å². The molecule has 0 radical (unpaired) electrons. The van der Waals surface area contributed by atoms with Crippen LogP contribution in [0, 0.1) is 6.92 Å². The van der Waals surface area contributed by atoms with Crippen molar-refractivity contribution in [3.63, 3.8) is 0 Å². The zero-order valence-electron chi connectivity index (χ0n) is 14.9. The van der Waals surface area contributed by atoms with Crippen LogP contribution in [0.25, 0.3) is 0 Å². The van der Waals surface area contributed by atoms with Gasteiger partial charge < -0.3 is 19.4 Å². The van der Waals surface area contributed by atoms with Gasteiger partial charge in [-0.1, -0.05) is 30.3 Å². The van der Waals surface area contributed by atoms with Gasteiger partial charge in [0.25, 0.3) is 0 Å². The monoisotopic (exact) mass is 356 g/mol. The SMILES string of the molecule is Cc1cc(=O)c(OCc2ccccc2)cn1CC(=O)NCC1CCCO1. The van der Waals surface area contributed by atoms with Crippen LogP contribution in [0.1, 0.15) is 24.1 Å². The molecule has 6 nitrogen and oxygen atoms in total. The number of benzene rings is 1. The van der Waals surface area contributed by atoms with Crippen LogP contribution in [0.15, 0.2) is 47.4 Å². The standard InChI is InChI=1S/C20H24N2O4/c1-15-10-18(23)19(26-14-16-6-3-2-4-7-16)12-22(15)13-20(24)21-11-17-8-5-9-25-17/h2-4,6-7,10,12,17H,5,8-9,11,13-14H2,1H3,(H,21,24). The molecule has 1 aromatic carbocycles. The lowest BCUT2D eigenvalue weighted by molar-refractivity contribution is -0.122. The van der Waals surface area contributed by atoms with E-state index >= 15 is 0 Å². The average Bonchev–Trinajstić information content (AvgIpc) is 3.16. The Morgan fingerprint density at radius 2 is 2.15 bits per heavy atom. The summed E-state index contributed by atoms with van der Waals surface area (Å²) in [7, 11) is 0. The van der Waals surface area contributed by atoms with Crippen molar-refractivity contribution in [1.82, 2.24) is 9.88 Å². The highest BCUT2D eigenvalue weighted by atomic mass is 16.5. The molecule has 1 atom stereocenters. The summed E-state index contributed by atoms with van der Waals surface area (Å²) in [6.45, 7) is 3.54. The van der Waals surface area contributed by atoms with Gasteiger partial charge in [-0.05, 0) is 25.3 Å². The second kappa shape index (κ2) is 8.67. The van der Waals surface area contributed by atoms with Crippen molar-refractivity contribution in [2.75, 3.05) is 13.2 Å². The van der Waals surface area contributed by atoms with Gasteiger partial charge in [0, 0.05) is 24.9 Å². The number of ether oxygens (including phenoxy) is 2. The van der Waals surface area contributed by atoms with Crippen LogP contribution >= 0.6 is 0 Å². The van der Waals surface area contributed by atoms with Gasteiger partial charge in [0.05, 0.1) is 12.3 Å². The fraction of sp³-hybridized carbons (Fsp3) is 0.400. The van der Waals surface area contributed by atoms with Gasteiger partial charge in [0.15, 0.2) is 5.75 Å². The first kappa shape index (κ1) is 18.2. The minimum atomic E-state index is -0.186. The average molecular weight is 356 g/mol. The summed E-state index contributed by atoms with van der Waals surface area (Å²) in [5, 5.41) is 2.89. The molecule has 3 rings (SSSR count). The molecule has 1 saturated heterocycles. The third-order valence-corrected chi connectivity index (χ3v) is 4.41. The number of hydrogen-bond donors (Lipinski definition) is 1. The molecule has 1 aliphatic rings. The van der Waals surface area contributed by atoms with Crippen LogP contribution in [-0.4, -0.2) is 29.7 Å². The lowest BCUT2D eigenvalue weighted by Crippen LogP contribution is -2.34. The number of pyridine rings is 1. The molecule has 0 spiro atoms. The Bertz CT molecular complexity index is 795. The van der Waals surface area contributed by atoms with Crippen molar-refractivity contribution >= 4 is 5.91 Å². The van der Waals surface area contributed by atoms with Gasteiger partial charge in [-0.3, -0.25) is 9.59 Å². The lowest BCUT2D eigenvalue weighted by atomic mass is 10.2. The zero-order chi connectivity index (χ0) is 18.4. The van der Waals surface area contributed by atoms with E-state index in [9.17, 15) is 9.59 Å². The zero-order valence-corrected chi connectivity index (χ0v) is 14.9. The van der Waals surface area contributed by atoms with Gasteiger partial charge in [-0.2, -0.15) is 0 Å². The van der Waals surface area contributed by atoms with Crippen LogP contribution in [-0.2, 0) is 22.7 Å². The van der Waals surface area contributed by atoms with Crippen molar-refractivity contribution in [3.8, 4) is 5.75 Å². The summed E-state index contributed by atoms with van der Waals surface area (Å²) in [6, 6.07) is 11.1. The largest absolute Gasteiger partial charge is 0.483 e. The summed E-state index contributed by atoms with van der Waals surface area (Å²) >= 11 is 0. The summed E-state index contributed by atoms with van der Waals surface area (Å²) in [5.41, 5.74) is 1.51. The van der Waals surface area contributed by atoms with E-state index in [0.717, 1.165) is 25.0 Å². The molecular weight excluding hydrogens is 332 g/mol. The Hall–Kier alpha value is -2.60. The normalized spacial score (nSPS) is 16.4. The highest BCUT2D eigenvalue weighted by molar-refractivity contribution is 5.75. The third kappa shape index (κ3) is 4.95. The number of aromatic nitrogens is 1. The first-order valence-corrected chi connectivity index (χ1v) is 8.88. The fourth-order valence-corrected chi connectivity index (χ4v) is 2.91. The Morgan fingerprint density at radius 1 is 1.35 bits per heavy atom. The molecule has 1 aromatic heterocycles. The third-order valence-electron chi connectivity index (χ3n) is 4.41. The Labute approximate surface area is 152 Å². The molecule has 1 amide bonds. The van der Waals surface area contributed by atoms with Crippen LogP contribution in [0.3, 0.4) is 0 Å². The van der Waals surface area contributed by atoms with Crippen molar-refractivity contribution in [2.24, 2.45) is 0 Å². The van der Waals surface area contributed by atoms with Crippen LogP contribution in [0.5, 0.6) is 5.75 Å².